The molecule has 1 amide bonds. The number of aromatic nitrogens is 5. The number of carbonyl (C=O) groups excluding carboxylic acids is 1. The molecule has 1 N–H and O–H groups in total. The summed E-state index contributed by atoms with van der Waals surface area (Å²) in [6.07, 6.45) is 0. The van der Waals surface area contributed by atoms with Crippen LogP contribution in [0.2, 0.25) is 0 Å². The molecule has 0 fully saturated rings. The SMILES string of the molecule is CC(=O)Nc1nonc1-c1nnc(SC(C)C)n1C. The predicted octanol–water partition coefficient (Wildman–Crippen LogP) is 1.32. The Hall–Kier alpha value is -1.90. The number of anilines is 1. The zero-order valence-corrected chi connectivity index (χ0v) is 11.9. The lowest BCUT2D eigenvalue weighted by atomic mass is 10.4. The van der Waals surface area contributed by atoms with E-state index in [1.54, 1.807) is 16.3 Å². The average molecular weight is 282 g/mol. The molecule has 0 aliphatic carbocycles. The van der Waals surface area contributed by atoms with E-state index in [2.05, 4.69) is 44.3 Å². The zero-order valence-electron chi connectivity index (χ0n) is 11.0. The first kappa shape index (κ1) is 13.5. The Morgan fingerprint density at radius 2 is 2.11 bits per heavy atom. The van der Waals surface area contributed by atoms with Gasteiger partial charge in [0.05, 0.1) is 0 Å². The summed E-state index contributed by atoms with van der Waals surface area (Å²) in [7, 11) is 1.83. The maximum absolute atomic E-state index is 11.1. The van der Waals surface area contributed by atoms with E-state index in [-0.39, 0.29) is 11.7 Å². The molecule has 0 bridgehead atoms. The summed E-state index contributed by atoms with van der Waals surface area (Å²) in [5.74, 6) is 0.480. The fraction of sp³-hybridized carbons (Fsp3) is 0.500. The third-order valence-corrected chi connectivity index (χ3v) is 3.21. The van der Waals surface area contributed by atoms with Crippen molar-refractivity contribution in [2.75, 3.05) is 5.32 Å². The Morgan fingerprint density at radius 1 is 1.37 bits per heavy atom. The smallest absolute Gasteiger partial charge is 0.222 e. The summed E-state index contributed by atoms with van der Waals surface area (Å²) >= 11 is 1.59. The highest BCUT2D eigenvalue weighted by Gasteiger charge is 2.20. The third kappa shape index (κ3) is 2.92. The highest BCUT2D eigenvalue weighted by Crippen LogP contribution is 2.27. The first-order valence-electron chi connectivity index (χ1n) is 5.65. The summed E-state index contributed by atoms with van der Waals surface area (Å²) in [5, 5.41) is 19.2. The van der Waals surface area contributed by atoms with Gasteiger partial charge >= 0.3 is 0 Å². The molecule has 0 spiro atoms. The van der Waals surface area contributed by atoms with Gasteiger partial charge in [0.1, 0.15) is 0 Å². The molecule has 8 nitrogen and oxygen atoms in total. The first-order valence-corrected chi connectivity index (χ1v) is 6.53. The number of carbonyl (C=O) groups is 1. The van der Waals surface area contributed by atoms with Crippen molar-refractivity contribution in [2.24, 2.45) is 7.05 Å². The van der Waals surface area contributed by atoms with Crippen LogP contribution >= 0.6 is 11.8 Å². The molecular weight excluding hydrogens is 268 g/mol. The van der Waals surface area contributed by atoms with Gasteiger partial charge in [-0.2, -0.15) is 0 Å². The van der Waals surface area contributed by atoms with Gasteiger partial charge in [-0.05, 0) is 10.3 Å². The van der Waals surface area contributed by atoms with E-state index < -0.39 is 0 Å². The van der Waals surface area contributed by atoms with Gasteiger partial charge in [0.25, 0.3) is 0 Å². The second-order valence-corrected chi connectivity index (χ2v) is 5.72. The van der Waals surface area contributed by atoms with Gasteiger partial charge in [0, 0.05) is 19.2 Å². The molecule has 0 saturated heterocycles. The molecule has 0 aromatic carbocycles. The summed E-state index contributed by atoms with van der Waals surface area (Å²) < 4.78 is 6.43. The summed E-state index contributed by atoms with van der Waals surface area (Å²) in [5.41, 5.74) is 0.362. The molecule has 2 aromatic heterocycles. The molecular formula is C10H14N6O2S. The van der Waals surface area contributed by atoms with Crippen LogP contribution in [0.3, 0.4) is 0 Å². The second kappa shape index (κ2) is 5.39. The van der Waals surface area contributed by atoms with Crippen molar-refractivity contribution in [1.29, 1.82) is 0 Å². The van der Waals surface area contributed by atoms with E-state index in [9.17, 15) is 4.79 Å². The largest absolute Gasteiger partial charge is 0.306 e. The van der Waals surface area contributed by atoms with Crippen molar-refractivity contribution in [1.82, 2.24) is 25.1 Å². The molecule has 0 saturated carbocycles. The summed E-state index contributed by atoms with van der Waals surface area (Å²) in [4.78, 5) is 11.1. The summed E-state index contributed by atoms with van der Waals surface area (Å²) in [6, 6.07) is 0. The van der Waals surface area contributed by atoms with Gasteiger partial charge in [-0.15, -0.1) is 10.2 Å². The first-order chi connectivity index (χ1) is 8.99. The number of nitrogens with one attached hydrogen (secondary N) is 1. The van der Waals surface area contributed by atoms with Crippen LogP contribution in [0.15, 0.2) is 9.79 Å². The van der Waals surface area contributed by atoms with Crippen LogP contribution in [0.4, 0.5) is 5.82 Å². The Balaban J connectivity index is 2.35. The lowest BCUT2D eigenvalue weighted by molar-refractivity contribution is -0.114. The Kier molecular flexibility index (Phi) is 3.84. The second-order valence-electron chi connectivity index (χ2n) is 4.17. The summed E-state index contributed by atoms with van der Waals surface area (Å²) in [6.45, 7) is 5.52. The van der Waals surface area contributed by atoms with Gasteiger partial charge in [0.15, 0.2) is 16.7 Å². The molecule has 0 unspecified atom stereocenters. The van der Waals surface area contributed by atoms with E-state index in [0.29, 0.717) is 16.8 Å². The monoisotopic (exact) mass is 282 g/mol. The van der Waals surface area contributed by atoms with Crippen molar-refractivity contribution in [3.63, 3.8) is 0 Å². The van der Waals surface area contributed by atoms with Crippen LogP contribution in [0.5, 0.6) is 0 Å². The van der Waals surface area contributed by atoms with Crippen LogP contribution in [-0.2, 0) is 11.8 Å². The van der Waals surface area contributed by atoms with Crippen LogP contribution < -0.4 is 5.32 Å². The molecule has 0 aliphatic rings. The molecule has 0 radical (unpaired) electrons. The fourth-order valence-electron chi connectivity index (χ4n) is 1.42. The minimum Gasteiger partial charge on any atom is -0.306 e. The van der Waals surface area contributed by atoms with Gasteiger partial charge in [-0.1, -0.05) is 25.6 Å². The van der Waals surface area contributed by atoms with Crippen molar-refractivity contribution >= 4 is 23.5 Å². The molecule has 9 heteroatoms. The highest BCUT2D eigenvalue weighted by molar-refractivity contribution is 7.99. The van der Waals surface area contributed by atoms with Crippen LogP contribution in [-0.4, -0.2) is 36.2 Å². The van der Waals surface area contributed by atoms with Gasteiger partial charge in [0.2, 0.25) is 11.7 Å². The van der Waals surface area contributed by atoms with E-state index in [1.165, 1.54) is 6.92 Å². The predicted molar refractivity (Wildman–Crippen MR) is 69.6 cm³/mol. The molecule has 19 heavy (non-hydrogen) atoms. The Labute approximate surface area is 113 Å². The highest BCUT2D eigenvalue weighted by atomic mass is 32.2. The van der Waals surface area contributed by atoms with E-state index in [1.807, 2.05) is 7.05 Å². The minimum absolute atomic E-state index is 0.240. The topological polar surface area (TPSA) is 98.7 Å². The quantitative estimate of drug-likeness (QED) is 0.844. The lowest BCUT2D eigenvalue weighted by Crippen LogP contribution is -2.08. The fourth-order valence-corrected chi connectivity index (χ4v) is 2.17. The number of nitrogens with zero attached hydrogens (tertiary/aromatic N) is 5. The maximum Gasteiger partial charge on any atom is 0.222 e. The molecule has 0 atom stereocenters. The standard InChI is InChI=1S/C10H14N6O2S/c1-5(2)19-10-13-12-9(16(10)4)7-8(11-6(3)17)15-18-14-7/h5H,1-4H3,(H,11,15,17). The van der Waals surface area contributed by atoms with Crippen LogP contribution in [0.25, 0.3) is 11.5 Å². The average Bonchev–Trinajstić information content (AvgIpc) is 2.86. The number of thioether (sulfide) groups is 1. The molecule has 2 rings (SSSR count). The van der Waals surface area contributed by atoms with Gasteiger partial charge in [-0.25, -0.2) is 4.63 Å². The van der Waals surface area contributed by atoms with Gasteiger partial charge in [-0.3, -0.25) is 4.79 Å². The Morgan fingerprint density at radius 3 is 2.74 bits per heavy atom. The van der Waals surface area contributed by atoms with Crippen LogP contribution in [0, 0.1) is 0 Å². The van der Waals surface area contributed by atoms with Crippen molar-refractivity contribution < 1.29 is 9.42 Å². The van der Waals surface area contributed by atoms with Crippen molar-refractivity contribution in [3.8, 4) is 11.5 Å². The zero-order chi connectivity index (χ0) is 14.0. The third-order valence-electron chi connectivity index (χ3n) is 2.17. The molecule has 102 valence electrons. The Bertz CT molecular complexity index is 591. The van der Waals surface area contributed by atoms with Crippen molar-refractivity contribution in [2.45, 2.75) is 31.2 Å². The van der Waals surface area contributed by atoms with Gasteiger partial charge < -0.3 is 9.88 Å². The molecule has 2 heterocycles. The van der Waals surface area contributed by atoms with E-state index >= 15 is 0 Å². The van der Waals surface area contributed by atoms with Crippen molar-refractivity contribution in [3.05, 3.63) is 0 Å². The normalized spacial score (nSPS) is 11.0. The maximum atomic E-state index is 11.1. The van der Waals surface area contributed by atoms with E-state index in [0.717, 1.165) is 5.16 Å². The minimum atomic E-state index is -0.254. The lowest BCUT2D eigenvalue weighted by Gasteiger charge is -2.04. The molecule has 2 aromatic rings. The number of hydrogen-bond donors (Lipinski definition) is 1. The number of rotatable bonds is 4. The number of hydrogen-bond acceptors (Lipinski definition) is 7. The van der Waals surface area contributed by atoms with E-state index in [4.69, 9.17) is 0 Å². The molecule has 0 aliphatic heterocycles. The number of amides is 1. The van der Waals surface area contributed by atoms with Crippen LogP contribution in [0.1, 0.15) is 20.8 Å².